The first-order valence-corrected chi connectivity index (χ1v) is 9.87. The average molecular weight is 452 g/mol. The Morgan fingerprint density at radius 3 is 2.30 bits per heavy atom. The van der Waals surface area contributed by atoms with E-state index in [1.54, 1.807) is 19.3 Å². The summed E-state index contributed by atoms with van der Waals surface area (Å²) in [4.78, 5) is 34.5. The van der Waals surface area contributed by atoms with Gasteiger partial charge in [0.25, 0.3) is 11.6 Å². The molecule has 0 bridgehead atoms. The van der Waals surface area contributed by atoms with Gasteiger partial charge in [-0.1, -0.05) is 0 Å². The van der Waals surface area contributed by atoms with Crippen LogP contribution >= 0.6 is 0 Å². The van der Waals surface area contributed by atoms with Gasteiger partial charge in [-0.05, 0) is 30.2 Å². The normalized spacial score (nSPS) is 10.8. The number of rotatable bonds is 8. The molecule has 0 aliphatic carbocycles. The third-order valence-corrected chi connectivity index (χ3v) is 4.52. The van der Waals surface area contributed by atoms with Crippen molar-refractivity contribution in [2.75, 3.05) is 6.61 Å². The highest BCUT2D eigenvalue weighted by Gasteiger charge is 2.14. The molecule has 0 aliphatic rings. The number of ether oxygens (including phenoxy) is 2. The van der Waals surface area contributed by atoms with Gasteiger partial charge >= 0.3 is 0 Å². The van der Waals surface area contributed by atoms with Crippen molar-refractivity contribution in [1.29, 1.82) is 0 Å². The van der Waals surface area contributed by atoms with Gasteiger partial charge in [-0.2, -0.15) is 0 Å². The standard InChI is InChI=1S/C22H18F2N6O3/c1-13-27-10-17(11-28-13)33-20-18(23)5-14(6-19(20)24)2-3-32-22-29-9-16(21(31)30-22)4-15-7-25-12-26-8-15/h5-12H,2-4H2,1H3,(H,29,30,31). The largest absolute Gasteiger partial charge is 0.464 e. The van der Waals surface area contributed by atoms with Crippen molar-refractivity contribution in [1.82, 2.24) is 29.9 Å². The zero-order valence-electron chi connectivity index (χ0n) is 17.5. The molecule has 0 spiro atoms. The summed E-state index contributed by atoms with van der Waals surface area (Å²) in [6, 6.07) is 2.31. The molecule has 11 heteroatoms. The number of aromatic nitrogens is 6. The van der Waals surface area contributed by atoms with Crippen molar-refractivity contribution < 1.29 is 18.3 Å². The molecule has 0 amide bonds. The fraction of sp³-hybridized carbons (Fsp3) is 0.182. The highest BCUT2D eigenvalue weighted by Crippen LogP contribution is 2.28. The van der Waals surface area contributed by atoms with Crippen molar-refractivity contribution >= 4 is 0 Å². The molecule has 0 fully saturated rings. The first kappa shape index (κ1) is 21.9. The highest BCUT2D eigenvalue weighted by atomic mass is 19.1. The van der Waals surface area contributed by atoms with E-state index in [2.05, 4.69) is 29.9 Å². The number of nitrogens with one attached hydrogen (secondary N) is 1. The van der Waals surface area contributed by atoms with Crippen LogP contribution in [0.1, 0.15) is 22.5 Å². The van der Waals surface area contributed by atoms with E-state index in [9.17, 15) is 13.6 Å². The van der Waals surface area contributed by atoms with E-state index in [1.165, 1.54) is 24.9 Å². The lowest BCUT2D eigenvalue weighted by Crippen LogP contribution is -2.16. The van der Waals surface area contributed by atoms with Crippen LogP contribution in [0.2, 0.25) is 0 Å². The summed E-state index contributed by atoms with van der Waals surface area (Å²) in [5, 5.41) is 0. The Hall–Kier alpha value is -4.28. The third-order valence-electron chi connectivity index (χ3n) is 4.52. The minimum Gasteiger partial charge on any atom is -0.464 e. The van der Waals surface area contributed by atoms with E-state index < -0.39 is 17.4 Å². The molecule has 9 nitrogen and oxygen atoms in total. The van der Waals surface area contributed by atoms with Crippen LogP contribution in [0, 0.1) is 18.6 Å². The van der Waals surface area contributed by atoms with Crippen LogP contribution in [0.15, 0.2) is 54.2 Å². The fourth-order valence-corrected chi connectivity index (χ4v) is 2.92. The highest BCUT2D eigenvalue weighted by molar-refractivity contribution is 5.34. The van der Waals surface area contributed by atoms with Crippen LogP contribution < -0.4 is 15.0 Å². The Morgan fingerprint density at radius 1 is 0.939 bits per heavy atom. The number of nitrogens with zero attached hydrogens (tertiary/aromatic N) is 5. The van der Waals surface area contributed by atoms with Crippen LogP contribution in [0.3, 0.4) is 0 Å². The first-order valence-electron chi connectivity index (χ1n) is 9.87. The van der Waals surface area contributed by atoms with Crippen LogP contribution in [0.4, 0.5) is 8.78 Å². The molecule has 0 radical (unpaired) electrons. The maximum Gasteiger partial charge on any atom is 0.296 e. The molecule has 3 aromatic heterocycles. The Balaban J connectivity index is 1.36. The molecule has 0 atom stereocenters. The van der Waals surface area contributed by atoms with Crippen molar-refractivity contribution in [2.45, 2.75) is 19.8 Å². The molecule has 33 heavy (non-hydrogen) atoms. The second-order valence-corrected chi connectivity index (χ2v) is 7.02. The monoisotopic (exact) mass is 452 g/mol. The molecule has 4 rings (SSSR count). The van der Waals surface area contributed by atoms with E-state index in [1.807, 2.05) is 0 Å². The zero-order chi connectivity index (χ0) is 23.2. The maximum atomic E-state index is 14.4. The second-order valence-electron chi connectivity index (χ2n) is 7.02. The van der Waals surface area contributed by atoms with Crippen LogP contribution in [-0.4, -0.2) is 36.5 Å². The van der Waals surface area contributed by atoms with Gasteiger partial charge in [0.1, 0.15) is 12.2 Å². The van der Waals surface area contributed by atoms with Gasteiger partial charge in [-0.3, -0.25) is 9.78 Å². The lowest BCUT2D eigenvalue weighted by molar-refractivity contribution is 0.294. The van der Waals surface area contributed by atoms with E-state index in [-0.39, 0.29) is 30.3 Å². The molecule has 1 aromatic carbocycles. The summed E-state index contributed by atoms with van der Waals surface area (Å²) in [6.45, 7) is 1.72. The van der Waals surface area contributed by atoms with Crippen molar-refractivity contribution in [3.8, 4) is 17.5 Å². The van der Waals surface area contributed by atoms with Crippen LogP contribution in [-0.2, 0) is 12.8 Å². The number of benzene rings is 1. The van der Waals surface area contributed by atoms with Gasteiger partial charge in [0, 0.05) is 37.0 Å². The molecule has 168 valence electrons. The fourth-order valence-electron chi connectivity index (χ4n) is 2.92. The summed E-state index contributed by atoms with van der Waals surface area (Å²) < 4.78 is 39.4. The van der Waals surface area contributed by atoms with E-state index in [0.29, 0.717) is 23.4 Å². The number of aryl methyl sites for hydroxylation is 1. The SMILES string of the molecule is Cc1ncc(Oc2c(F)cc(CCOc3ncc(Cc4cncnc4)c(=O)[nH]3)cc2F)cn1. The Bertz CT molecular complexity index is 1280. The molecule has 0 saturated carbocycles. The summed E-state index contributed by atoms with van der Waals surface area (Å²) in [5.41, 5.74) is 1.18. The summed E-state index contributed by atoms with van der Waals surface area (Å²) in [7, 11) is 0. The van der Waals surface area contributed by atoms with Crippen LogP contribution in [0.5, 0.6) is 17.5 Å². The predicted molar refractivity (Wildman–Crippen MR) is 112 cm³/mol. The number of hydrogen-bond donors (Lipinski definition) is 1. The number of halogens is 2. The lowest BCUT2D eigenvalue weighted by Gasteiger charge is -2.10. The average Bonchev–Trinajstić information content (AvgIpc) is 2.80. The van der Waals surface area contributed by atoms with Crippen molar-refractivity contribution in [3.05, 3.63) is 93.9 Å². The number of H-pyrrole nitrogens is 1. The summed E-state index contributed by atoms with van der Waals surface area (Å²) in [6.07, 6.45) is 9.19. The summed E-state index contributed by atoms with van der Waals surface area (Å²) in [5.74, 6) is -1.65. The Labute approximate surface area is 186 Å². The van der Waals surface area contributed by atoms with Crippen molar-refractivity contribution in [3.63, 3.8) is 0 Å². The van der Waals surface area contributed by atoms with Gasteiger partial charge in [0.05, 0.1) is 19.0 Å². The molecular weight excluding hydrogens is 434 g/mol. The minimum atomic E-state index is -0.869. The molecule has 1 N–H and O–H groups in total. The summed E-state index contributed by atoms with van der Waals surface area (Å²) >= 11 is 0. The second kappa shape index (κ2) is 9.90. The van der Waals surface area contributed by atoms with Gasteiger partial charge in [0.15, 0.2) is 23.1 Å². The predicted octanol–water partition coefficient (Wildman–Crippen LogP) is 2.94. The topological polar surface area (TPSA) is 116 Å². The Morgan fingerprint density at radius 2 is 1.64 bits per heavy atom. The zero-order valence-corrected chi connectivity index (χ0v) is 17.5. The van der Waals surface area contributed by atoms with Crippen molar-refractivity contribution in [2.24, 2.45) is 0 Å². The van der Waals surface area contributed by atoms with Gasteiger partial charge < -0.3 is 9.47 Å². The van der Waals surface area contributed by atoms with Crippen LogP contribution in [0.25, 0.3) is 0 Å². The minimum absolute atomic E-state index is 0.00771. The molecule has 0 aliphatic heterocycles. The van der Waals surface area contributed by atoms with Gasteiger partial charge in [0.2, 0.25) is 0 Å². The lowest BCUT2D eigenvalue weighted by atomic mass is 10.1. The molecular formula is C22H18F2N6O3. The first-order chi connectivity index (χ1) is 16.0. The quantitative estimate of drug-likeness (QED) is 0.434. The van der Waals surface area contributed by atoms with Gasteiger partial charge in [-0.15, -0.1) is 0 Å². The molecule has 0 saturated heterocycles. The van der Waals surface area contributed by atoms with Gasteiger partial charge in [-0.25, -0.2) is 33.7 Å². The van der Waals surface area contributed by atoms with E-state index in [0.717, 1.165) is 17.7 Å². The number of hydrogen-bond acceptors (Lipinski definition) is 8. The van der Waals surface area contributed by atoms with E-state index in [4.69, 9.17) is 9.47 Å². The molecule has 0 unspecified atom stereocenters. The maximum absolute atomic E-state index is 14.4. The Kier molecular flexibility index (Phi) is 6.58. The molecule has 3 heterocycles. The smallest absolute Gasteiger partial charge is 0.296 e. The third kappa shape index (κ3) is 5.70. The van der Waals surface area contributed by atoms with E-state index >= 15 is 0 Å². The number of aromatic amines is 1. The molecule has 4 aromatic rings.